The number of nitro groups is 1. The molecule has 0 saturated heterocycles. The summed E-state index contributed by atoms with van der Waals surface area (Å²) in [6, 6.07) is 1.51. The van der Waals surface area contributed by atoms with Gasteiger partial charge in [-0.2, -0.15) is 0 Å². The van der Waals surface area contributed by atoms with Crippen LogP contribution in [0.2, 0.25) is 0 Å². The molecule has 2 heterocycles. The SMILES string of the molecule is Cc1cc([N+](=O)[O-])cnc1NCc1nccn1CC(C)C. The summed E-state index contributed by atoms with van der Waals surface area (Å²) in [6.45, 7) is 7.54. The van der Waals surface area contributed by atoms with Gasteiger partial charge in [0.15, 0.2) is 0 Å². The van der Waals surface area contributed by atoms with Crippen molar-refractivity contribution in [3.05, 3.63) is 46.2 Å². The predicted octanol–water partition coefficient (Wildman–Crippen LogP) is 2.76. The fourth-order valence-corrected chi connectivity index (χ4v) is 2.07. The van der Waals surface area contributed by atoms with Gasteiger partial charge in [0.05, 0.1) is 11.5 Å². The Morgan fingerprint density at radius 2 is 2.19 bits per heavy atom. The van der Waals surface area contributed by atoms with Gasteiger partial charge in [-0.15, -0.1) is 0 Å². The predicted molar refractivity (Wildman–Crippen MR) is 80.0 cm³/mol. The fourth-order valence-electron chi connectivity index (χ4n) is 2.07. The van der Waals surface area contributed by atoms with Crippen LogP contribution in [0.3, 0.4) is 0 Å². The number of anilines is 1. The second-order valence-electron chi connectivity index (χ2n) is 5.36. The number of nitrogens with zero attached hydrogens (tertiary/aromatic N) is 4. The van der Waals surface area contributed by atoms with Crippen molar-refractivity contribution in [2.24, 2.45) is 5.92 Å². The van der Waals surface area contributed by atoms with E-state index in [2.05, 4.69) is 33.7 Å². The summed E-state index contributed by atoms with van der Waals surface area (Å²) in [5.74, 6) is 2.10. The lowest BCUT2D eigenvalue weighted by Crippen LogP contribution is -2.12. The van der Waals surface area contributed by atoms with E-state index in [4.69, 9.17) is 0 Å². The highest BCUT2D eigenvalue weighted by atomic mass is 16.6. The Hall–Kier alpha value is -2.44. The van der Waals surface area contributed by atoms with E-state index in [0.29, 0.717) is 18.3 Å². The molecule has 7 nitrogen and oxygen atoms in total. The lowest BCUT2D eigenvalue weighted by atomic mass is 10.2. The zero-order valence-corrected chi connectivity index (χ0v) is 12.4. The molecule has 0 aliphatic carbocycles. The third-order valence-electron chi connectivity index (χ3n) is 3.05. The van der Waals surface area contributed by atoms with E-state index in [-0.39, 0.29) is 5.69 Å². The number of hydrogen-bond acceptors (Lipinski definition) is 5. The molecule has 0 unspecified atom stereocenters. The highest BCUT2D eigenvalue weighted by Gasteiger charge is 2.10. The highest BCUT2D eigenvalue weighted by Crippen LogP contribution is 2.18. The van der Waals surface area contributed by atoms with Crippen molar-refractivity contribution in [2.45, 2.75) is 33.9 Å². The van der Waals surface area contributed by atoms with Crippen molar-refractivity contribution >= 4 is 11.5 Å². The minimum atomic E-state index is -0.445. The van der Waals surface area contributed by atoms with E-state index in [9.17, 15) is 10.1 Å². The van der Waals surface area contributed by atoms with Crippen molar-refractivity contribution in [3.8, 4) is 0 Å². The van der Waals surface area contributed by atoms with Crippen molar-refractivity contribution in [1.29, 1.82) is 0 Å². The smallest absolute Gasteiger partial charge is 0.287 e. The molecular formula is C14H19N5O2. The van der Waals surface area contributed by atoms with Crippen molar-refractivity contribution in [3.63, 3.8) is 0 Å². The molecule has 0 aliphatic heterocycles. The van der Waals surface area contributed by atoms with E-state index in [0.717, 1.165) is 17.9 Å². The number of rotatable bonds is 6. The topological polar surface area (TPSA) is 85.9 Å². The summed E-state index contributed by atoms with van der Waals surface area (Å²) in [5.41, 5.74) is 0.741. The summed E-state index contributed by atoms with van der Waals surface area (Å²) in [4.78, 5) is 18.7. The molecule has 21 heavy (non-hydrogen) atoms. The zero-order valence-electron chi connectivity index (χ0n) is 12.4. The minimum Gasteiger partial charge on any atom is -0.363 e. The molecule has 0 amide bonds. The average Bonchev–Trinajstić information content (AvgIpc) is 2.83. The second-order valence-corrected chi connectivity index (χ2v) is 5.36. The van der Waals surface area contributed by atoms with Gasteiger partial charge >= 0.3 is 0 Å². The van der Waals surface area contributed by atoms with Crippen molar-refractivity contribution in [2.75, 3.05) is 5.32 Å². The van der Waals surface area contributed by atoms with Gasteiger partial charge in [-0.25, -0.2) is 9.97 Å². The van der Waals surface area contributed by atoms with Gasteiger partial charge in [-0.1, -0.05) is 13.8 Å². The molecule has 1 N–H and O–H groups in total. The zero-order chi connectivity index (χ0) is 15.4. The average molecular weight is 289 g/mol. The lowest BCUT2D eigenvalue weighted by molar-refractivity contribution is -0.385. The summed E-state index contributed by atoms with van der Waals surface area (Å²) in [7, 11) is 0. The molecule has 0 aliphatic rings. The van der Waals surface area contributed by atoms with Crippen molar-refractivity contribution < 1.29 is 4.92 Å². The first-order valence-corrected chi connectivity index (χ1v) is 6.82. The second kappa shape index (κ2) is 6.34. The van der Waals surface area contributed by atoms with Crippen LogP contribution in [0, 0.1) is 23.0 Å². The molecular weight excluding hydrogens is 270 g/mol. The lowest BCUT2D eigenvalue weighted by Gasteiger charge is -2.12. The Labute approximate surface area is 123 Å². The Balaban J connectivity index is 2.07. The largest absolute Gasteiger partial charge is 0.363 e. The molecule has 0 radical (unpaired) electrons. The number of pyridine rings is 1. The van der Waals surface area contributed by atoms with Crippen LogP contribution in [0.1, 0.15) is 25.2 Å². The maximum Gasteiger partial charge on any atom is 0.287 e. The standard InChI is InChI=1S/C14H19N5O2/c1-10(2)9-18-5-4-15-13(18)8-17-14-11(3)6-12(7-16-14)19(20)21/h4-7,10H,8-9H2,1-3H3,(H,16,17). The van der Waals surface area contributed by atoms with E-state index < -0.39 is 4.92 Å². The van der Waals surface area contributed by atoms with Crippen LogP contribution in [0.15, 0.2) is 24.7 Å². The van der Waals surface area contributed by atoms with Crippen LogP contribution in [0.25, 0.3) is 0 Å². The van der Waals surface area contributed by atoms with E-state index >= 15 is 0 Å². The quantitative estimate of drug-likeness (QED) is 0.652. The first kappa shape index (κ1) is 15.0. The van der Waals surface area contributed by atoms with Crippen LogP contribution < -0.4 is 5.32 Å². The van der Waals surface area contributed by atoms with Gasteiger partial charge in [-0.05, 0) is 18.4 Å². The molecule has 0 bridgehead atoms. The van der Waals surface area contributed by atoms with Crippen molar-refractivity contribution in [1.82, 2.24) is 14.5 Å². The van der Waals surface area contributed by atoms with Crippen LogP contribution in [-0.2, 0) is 13.1 Å². The van der Waals surface area contributed by atoms with Gasteiger partial charge in [0.2, 0.25) is 0 Å². The molecule has 0 fully saturated rings. The summed E-state index contributed by atoms with van der Waals surface area (Å²) in [5, 5.41) is 13.9. The fraction of sp³-hybridized carbons (Fsp3) is 0.429. The van der Waals surface area contributed by atoms with Crippen LogP contribution >= 0.6 is 0 Å². The van der Waals surface area contributed by atoms with Gasteiger partial charge < -0.3 is 9.88 Å². The molecule has 0 spiro atoms. The van der Waals surface area contributed by atoms with Gasteiger partial charge in [0.1, 0.15) is 17.8 Å². The number of imidazole rings is 1. The summed E-state index contributed by atoms with van der Waals surface area (Å²) >= 11 is 0. The Kier molecular flexibility index (Phi) is 4.52. The van der Waals surface area contributed by atoms with Crippen LogP contribution in [-0.4, -0.2) is 19.5 Å². The molecule has 0 atom stereocenters. The maximum absolute atomic E-state index is 10.7. The molecule has 112 valence electrons. The molecule has 7 heteroatoms. The Morgan fingerprint density at radius 3 is 2.81 bits per heavy atom. The van der Waals surface area contributed by atoms with Crippen LogP contribution in [0.5, 0.6) is 0 Å². The van der Waals surface area contributed by atoms with E-state index in [1.165, 1.54) is 12.3 Å². The number of hydrogen-bond donors (Lipinski definition) is 1. The monoisotopic (exact) mass is 289 g/mol. The van der Waals surface area contributed by atoms with Gasteiger partial charge in [0, 0.05) is 25.0 Å². The third kappa shape index (κ3) is 3.77. The van der Waals surface area contributed by atoms with Crippen LogP contribution in [0.4, 0.5) is 11.5 Å². The van der Waals surface area contributed by atoms with Gasteiger partial charge in [0.25, 0.3) is 5.69 Å². The first-order valence-electron chi connectivity index (χ1n) is 6.82. The summed E-state index contributed by atoms with van der Waals surface area (Å²) < 4.78 is 2.10. The number of aromatic nitrogens is 3. The summed E-state index contributed by atoms with van der Waals surface area (Å²) in [6.07, 6.45) is 4.98. The Morgan fingerprint density at radius 1 is 1.43 bits per heavy atom. The molecule has 2 aromatic rings. The normalized spacial score (nSPS) is 10.9. The van der Waals surface area contributed by atoms with Gasteiger partial charge in [-0.3, -0.25) is 10.1 Å². The van der Waals surface area contributed by atoms with E-state index in [1.807, 2.05) is 6.20 Å². The maximum atomic E-state index is 10.7. The molecule has 0 aromatic carbocycles. The number of aryl methyl sites for hydroxylation is 1. The molecule has 2 rings (SSSR count). The van der Waals surface area contributed by atoms with E-state index in [1.54, 1.807) is 13.1 Å². The number of nitrogens with one attached hydrogen (secondary N) is 1. The molecule has 2 aromatic heterocycles. The highest BCUT2D eigenvalue weighted by molar-refractivity contribution is 5.48. The first-order chi connectivity index (χ1) is 9.97. The minimum absolute atomic E-state index is 0.000595. The third-order valence-corrected chi connectivity index (χ3v) is 3.05. The Bertz CT molecular complexity index is 636. The molecule has 0 saturated carbocycles.